The molecule has 7 nitrogen and oxygen atoms in total. The minimum absolute atomic E-state index is 0.0223. The number of amides is 1. The Morgan fingerprint density at radius 3 is 2.67 bits per heavy atom. The van der Waals surface area contributed by atoms with E-state index in [-0.39, 0.29) is 24.7 Å². The Kier molecular flexibility index (Phi) is 5.45. The van der Waals surface area contributed by atoms with Gasteiger partial charge >= 0.3 is 0 Å². The van der Waals surface area contributed by atoms with Gasteiger partial charge in [0, 0.05) is 27.2 Å². The molecule has 1 unspecified atom stereocenters. The quantitative estimate of drug-likeness (QED) is 0.427. The standard InChI is InChI=1S/C25H20BrF2N3O4S/c26-15-6-12-36-23(15)19-14-3-4-16(27)18(28)22(14)35-11-2-9-25(7-1-8-25)29-13-31(19)30-10-5-17(32)21(33)20(30)24(29)34/h2-6,9-10,12,19,33H,1,7-8,11,13H2/b9-2+. The summed E-state index contributed by atoms with van der Waals surface area (Å²) in [6, 6.07) is 4.78. The number of fused-ring (bicyclic) bond motifs is 6. The average Bonchev–Trinajstić information content (AvgIpc) is 3.24. The van der Waals surface area contributed by atoms with E-state index in [1.165, 1.54) is 34.3 Å². The number of benzene rings is 1. The highest BCUT2D eigenvalue weighted by atomic mass is 79.9. The lowest BCUT2D eigenvalue weighted by atomic mass is 9.74. The molecule has 4 heterocycles. The van der Waals surface area contributed by atoms with Crippen molar-refractivity contribution in [2.24, 2.45) is 0 Å². The minimum atomic E-state index is -1.11. The van der Waals surface area contributed by atoms with Crippen molar-refractivity contribution in [3.05, 3.63) is 90.5 Å². The Morgan fingerprint density at radius 2 is 1.97 bits per heavy atom. The van der Waals surface area contributed by atoms with Gasteiger partial charge < -0.3 is 14.7 Å². The monoisotopic (exact) mass is 575 g/mol. The van der Waals surface area contributed by atoms with Gasteiger partial charge in [0.25, 0.3) is 5.91 Å². The molecule has 1 aromatic carbocycles. The zero-order chi connectivity index (χ0) is 25.2. The third-order valence-electron chi connectivity index (χ3n) is 7.14. The molecule has 1 fully saturated rings. The van der Waals surface area contributed by atoms with Crippen molar-refractivity contribution >= 4 is 33.2 Å². The maximum absolute atomic E-state index is 15.2. The van der Waals surface area contributed by atoms with Crippen LogP contribution in [0.3, 0.4) is 0 Å². The molecule has 1 N–H and O–H groups in total. The number of carbonyl (C=O) groups excluding carboxylic acids is 1. The number of aromatic nitrogens is 1. The van der Waals surface area contributed by atoms with Crippen LogP contribution < -0.4 is 15.2 Å². The lowest BCUT2D eigenvalue weighted by Gasteiger charge is -2.53. The van der Waals surface area contributed by atoms with E-state index < -0.39 is 40.3 Å². The molecule has 6 rings (SSSR count). The van der Waals surface area contributed by atoms with Crippen LogP contribution in [0.25, 0.3) is 0 Å². The van der Waals surface area contributed by atoms with Crippen LogP contribution in [0.1, 0.15) is 46.2 Å². The van der Waals surface area contributed by atoms with E-state index in [0.717, 1.165) is 21.8 Å². The highest BCUT2D eigenvalue weighted by Crippen LogP contribution is 2.46. The second-order valence-corrected chi connectivity index (χ2v) is 10.8. The fourth-order valence-corrected chi connectivity index (χ4v) is 6.91. The molecular weight excluding hydrogens is 556 g/mol. The zero-order valence-electron chi connectivity index (χ0n) is 18.8. The average molecular weight is 576 g/mol. The van der Waals surface area contributed by atoms with Gasteiger partial charge in [0.1, 0.15) is 19.3 Å². The summed E-state index contributed by atoms with van der Waals surface area (Å²) in [5.74, 6) is -3.50. The number of hydrogen-bond donors (Lipinski definition) is 1. The lowest BCUT2D eigenvalue weighted by Crippen LogP contribution is -2.64. The molecule has 0 saturated heterocycles. The molecule has 1 spiro atoms. The topological polar surface area (TPSA) is 75.0 Å². The molecule has 186 valence electrons. The first kappa shape index (κ1) is 23.2. The van der Waals surface area contributed by atoms with E-state index in [4.69, 9.17) is 4.74 Å². The van der Waals surface area contributed by atoms with Gasteiger partial charge in [-0.15, -0.1) is 11.3 Å². The summed E-state index contributed by atoms with van der Waals surface area (Å²) >= 11 is 4.96. The number of pyridine rings is 1. The van der Waals surface area contributed by atoms with Gasteiger partial charge in [-0.25, -0.2) is 4.39 Å². The van der Waals surface area contributed by atoms with Crippen molar-refractivity contribution in [2.45, 2.75) is 30.8 Å². The number of rotatable bonds is 1. The number of thiophene rings is 1. The van der Waals surface area contributed by atoms with E-state index in [2.05, 4.69) is 15.9 Å². The highest BCUT2D eigenvalue weighted by Gasteiger charge is 2.49. The third-order valence-corrected chi connectivity index (χ3v) is 9.06. The summed E-state index contributed by atoms with van der Waals surface area (Å²) in [6.07, 6.45) is 7.25. The number of carbonyl (C=O) groups is 1. The Hall–Kier alpha value is -3.18. The maximum atomic E-state index is 15.2. The molecule has 2 aromatic heterocycles. The van der Waals surface area contributed by atoms with Gasteiger partial charge in [-0.1, -0.05) is 6.08 Å². The van der Waals surface area contributed by atoms with Crippen molar-refractivity contribution in [3.63, 3.8) is 0 Å². The zero-order valence-corrected chi connectivity index (χ0v) is 21.2. The van der Waals surface area contributed by atoms with E-state index in [9.17, 15) is 19.1 Å². The summed E-state index contributed by atoms with van der Waals surface area (Å²) in [6.45, 7) is 0.0530. The van der Waals surface area contributed by atoms with Crippen molar-refractivity contribution in [3.8, 4) is 11.5 Å². The fourth-order valence-electron chi connectivity index (χ4n) is 5.20. The number of nitrogens with zero attached hydrogens (tertiary/aromatic N) is 3. The smallest absolute Gasteiger partial charge is 0.278 e. The second kappa shape index (κ2) is 8.45. The van der Waals surface area contributed by atoms with Gasteiger partial charge in [-0.2, -0.15) is 4.39 Å². The van der Waals surface area contributed by atoms with Crippen LogP contribution >= 0.6 is 27.3 Å². The SMILES string of the molecule is O=C1c2c(O)c(=O)ccn2N2CN1C1(/C=C/COc3c(ccc(F)c3F)C2c2sccc2Br)CCC1. The molecule has 1 aliphatic carbocycles. The number of hydrogen-bond acceptors (Lipinski definition) is 6. The first-order chi connectivity index (χ1) is 17.3. The summed E-state index contributed by atoms with van der Waals surface area (Å²) in [7, 11) is 0. The minimum Gasteiger partial charge on any atom is -0.502 e. The number of halogens is 3. The van der Waals surface area contributed by atoms with Crippen LogP contribution in [-0.2, 0) is 0 Å². The highest BCUT2D eigenvalue weighted by molar-refractivity contribution is 9.10. The first-order valence-corrected chi connectivity index (χ1v) is 13.0. The van der Waals surface area contributed by atoms with E-state index in [0.29, 0.717) is 18.4 Å². The first-order valence-electron chi connectivity index (χ1n) is 11.4. The summed E-state index contributed by atoms with van der Waals surface area (Å²) in [5.41, 5.74) is -1.16. The third kappa shape index (κ3) is 3.32. The van der Waals surface area contributed by atoms with Crippen LogP contribution in [0, 0.1) is 11.6 Å². The molecule has 3 aliphatic rings. The normalized spacial score (nSPS) is 21.2. The Morgan fingerprint density at radius 1 is 1.17 bits per heavy atom. The summed E-state index contributed by atoms with van der Waals surface area (Å²) < 4.78 is 37.5. The van der Waals surface area contributed by atoms with Crippen molar-refractivity contribution in [2.75, 3.05) is 18.3 Å². The molecule has 1 amide bonds. The molecule has 11 heteroatoms. The van der Waals surface area contributed by atoms with Gasteiger partial charge in [0.2, 0.25) is 11.2 Å². The van der Waals surface area contributed by atoms with E-state index in [1.54, 1.807) is 16.0 Å². The summed E-state index contributed by atoms with van der Waals surface area (Å²) in [4.78, 5) is 28.6. The Labute approximate surface area is 216 Å². The predicted octanol–water partition coefficient (Wildman–Crippen LogP) is 4.67. The summed E-state index contributed by atoms with van der Waals surface area (Å²) in [5, 5.41) is 14.4. The fraction of sp³-hybridized carbons (Fsp3) is 0.280. The van der Waals surface area contributed by atoms with Crippen LogP contribution in [0.2, 0.25) is 0 Å². The number of ether oxygens (including phenoxy) is 1. The molecule has 2 bridgehead atoms. The van der Waals surface area contributed by atoms with Crippen LogP contribution in [-0.4, -0.2) is 39.4 Å². The van der Waals surface area contributed by atoms with Crippen molar-refractivity contribution in [1.82, 2.24) is 9.58 Å². The molecular formula is C25H20BrF2N3O4S. The lowest BCUT2D eigenvalue weighted by molar-refractivity contribution is 0.0256. The molecule has 3 aromatic rings. The molecule has 0 radical (unpaired) electrons. The van der Waals surface area contributed by atoms with Crippen LogP contribution in [0.4, 0.5) is 8.78 Å². The van der Waals surface area contributed by atoms with E-state index in [1.807, 2.05) is 17.5 Å². The predicted molar refractivity (Wildman–Crippen MR) is 133 cm³/mol. The second-order valence-electron chi connectivity index (χ2n) is 9.02. The maximum Gasteiger partial charge on any atom is 0.278 e. The van der Waals surface area contributed by atoms with Crippen LogP contribution in [0.15, 0.2) is 57.3 Å². The molecule has 1 saturated carbocycles. The Bertz CT molecular complexity index is 1480. The van der Waals surface area contributed by atoms with Gasteiger partial charge in [0.05, 0.1) is 5.54 Å². The van der Waals surface area contributed by atoms with Gasteiger partial charge in [0.15, 0.2) is 23.0 Å². The molecule has 36 heavy (non-hydrogen) atoms. The largest absolute Gasteiger partial charge is 0.502 e. The molecule has 2 aliphatic heterocycles. The molecule has 1 atom stereocenters. The van der Waals surface area contributed by atoms with Gasteiger partial charge in [-0.3, -0.25) is 19.3 Å². The van der Waals surface area contributed by atoms with Crippen molar-refractivity contribution < 1.29 is 23.4 Å². The number of aromatic hydroxyl groups is 1. The van der Waals surface area contributed by atoms with Gasteiger partial charge in [-0.05, 0) is 64.8 Å². The van der Waals surface area contributed by atoms with Crippen molar-refractivity contribution in [1.29, 1.82) is 0 Å². The Balaban J connectivity index is 1.68. The van der Waals surface area contributed by atoms with E-state index >= 15 is 4.39 Å². The van der Waals surface area contributed by atoms with Crippen LogP contribution in [0.5, 0.6) is 11.5 Å².